The summed E-state index contributed by atoms with van der Waals surface area (Å²) in [6.07, 6.45) is 1.39. The quantitative estimate of drug-likeness (QED) is 0.683. The van der Waals surface area contributed by atoms with Crippen molar-refractivity contribution in [3.63, 3.8) is 0 Å². The Morgan fingerprint density at radius 3 is 2.67 bits per heavy atom. The monoisotopic (exact) mass is 420 g/mol. The van der Waals surface area contributed by atoms with Gasteiger partial charge in [-0.15, -0.1) is 0 Å². The molecule has 3 heterocycles. The topological polar surface area (TPSA) is 68.8 Å². The van der Waals surface area contributed by atoms with Crippen molar-refractivity contribution < 1.29 is 9.59 Å². The van der Waals surface area contributed by atoms with Gasteiger partial charge in [-0.05, 0) is 29.7 Å². The zero-order valence-electron chi connectivity index (χ0n) is 16.6. The van der Waals surface area contributed by atoms with Gasteiger partial charge in [0, 0.05) is 48.1 Å². The predicted octanol–water partition coefficient (Wildman–Crippen LogP) is 3.90. The highest BCUT2D eigenvalue weighted by Crippen LogP contribution is 2.40. The van der Waals surface area contributed by atoms with Crippen molar-refractivity contribution in [3.05, 3.63) is 70.4 Å². The van der Waals surface area contributed by atoms with Crippen molar-refractivity contribution in [2.75, 3.05) is 13.6 Å². The molecular weight excluding hydrogens is 400 g/mol. The Labute approximate surface area is 179 Å². The molecule has 30 heavy (non-hydrogen) atoms. The molecule has 2 amide bonds. The standard InChI is InChI=1S/C23H21ClN4O2/c1-27-20(29)11-10-19(26-27)23(30)28-13-12-15-14-6-3-5-9-18(14)25-21(15)22(28)16-7-2-4-8-17(16)24/h2-9,22,25H,10-13H2,1H3/t22-/m0/s1. The fourth-order valence-corrected chi connectivity index (χ4v) is 4.71. The van der Waals surface area contributed by atoms with Crippen molar-refractivity contribution in [3.8, 4) is 0 Å². The number of hydrogen-bond acceptors (Lipinski definition) is 3. The molecule has 1 atom stereocenters. The van der Waals surface area contributed by atoms with Crippen LogP contribution in [-0.2, 0) is 16.0 Å². The van der Waals surface area contributed by atoms with Gasteiger partial charge in [-0.3, -0.25) is 9.59 Å². The normalized spacial score (nSPS) is 19.1. The molecule has 3 aromatic rings. The molecule has 1 N–H and O–H groups in total. The van der Waals surface area contributed by atoms with Crippen LogP contribution in [0.3, 0.4) is 0 Å². The van der Waals surface area contributed by atoms with E-state index in [4.69, 9.17) is 11.6 Å². The number of amides is 2. The summed E-state index contributed by atoms with van der Waals surface area (Å²) in [5.41, 5.74) is 4.55. The number of aromatic nitrogens is 1. The molecule has 0 radical (unpaired) electrons. The number of benzene rings is 2. The van der Waals surface area contributed by atoms with E-state index in [1.165, 1.54) is 16.0 Å². The lowest BCUT2D eigenvalue weighted by Crippen LogP contribution is -2.46. The Morgan fingerprint density at radius 2 is 1.87 bits per heavy atom. The maximum Gasteiger partial charge on any atom is 0.270 e. The van der Waals surface area contributed by atoms with E-state index in [0.29, 0.717) is 30.1 Å². The smallest absolute Gasteiger partial charge is 0.270 e. The Balaban J connectivity index is 1.64. The van der Waals surface area contributed by atoms with E-state index >= 15 is 0 Å². The second kappa shape index (κ2) is 7.29. The lowest BCUT2D eigenvalue weighted by molar-refractivity contribution is -0.131. The van der Waals surface area contributed by atoms with Crippen LogP contribution in [0.25, 0.3) is 10.9 Å². The first-order valence-corrected chi connectivity index (χ1v) is 10.4. The second-order valence-electron chi connectivity index (χ2n) is 7.70. The number of aromatic amines is 1. The first-order chi connectivity index (χ1) is 14.5. The predicted molar refractivity (Wildman–Crippen MR) is 116 cm³/mol. The van der Waals surface area contributed by atoms with Gasteiger partial charge in [-0.2, -0.15) is 5.10 Å². The average molecular weight is 421 g/mol. The number of hydrazone groups is 1. The number of rotatable bonds is 2. The molecule has 0 saturated carbocycles. The summed E-state index contributed by atoms with van der Waals surface area (Å²) in [6.45, 7) is 0.556. The molecule has 0 spiro atoms. The Morgan fingerprint density at radius 1 is 1.10 bits per heavy atom. The Bertz CT molecular complexity index is 1200. The number of carbonyl (C=O) groups excluding carboxylic acids is 2. The van der Waals surface area contributed by atoms with E-state index in [2.05, 4.69) is 22.2 Å². The van der Waals surface area contributed by atoms with E-state index in [9.17, 15) is 9.59 Å². The highest BCUT2D eigenvalue weighted by molar-refractivity contribution is 6.39. The van der Waals surface area contributed by atoms with Crippen LogP contribution in [0.4, 0.5) is 0 Å². The zero-order chi connectivity index (χ0) is 20.8. The van der Waals surface area contributed by atoms with Crippen LogP contribution in [0.5, 0.6) is 0 Å². The molecule has 0 fully saturated rings. The van der Waals surface area contributed by atoms with Crippen LogP contribution in [-0.4, -0.2) is 46.0 Å². The SMILES string of the molecule is CN1N=C(C(=O)N2CCc3c([nH]c4ccccc34)[C@@H]2c2ccccc2Cl)CCC1=O. The number of carbonyl (C=O) groups is 2. The van der Waals surface area contributed by atoms with Crippen molar-refractivity contribution in [1.29, 1.82) is 0 Å². The summed E-state index contributed by atoms with van der Waals surface area (Å²) in [4.78, 5) is 30.7. The first kappa shape index (κ1) is 18.9. The average Bonchev–Trinajstić information content (AvgIpc) is 3.14. The maximum absolute atomic E-state index is 13.5. The Kier molecular flexibility index (Phi) is 4.59. The summed E-state index contributed by atoms with van der Waals surface area (Å²) < 4.78 is 0. The van der Waals surface area contributed by atoms with Crippen LogP contribution < -0.4 is 0 Å². The summed E-state index contributed by atoms with van der Waals surface area (Å²) in [6, 6.07) is 15.5. The van der Waals surface area contributed by atoms with Crippen molar-refractivity contribution in [1.82, 2.24) is 14.9 Å². The molecule has 0 unspecified atom stereocenters. The molecule has 7 heteroatoms. The van der Waals surface area contributed by atoms with E-state index in [-0.39, 0.29) is 17.9 Å². The van der Waals surface area contributed by atoms with Crippen molar-refractivity contribution >= 4 is 40.0 Å². The van der Waals surface area contributed by atoms with Crippen LogP contribution in [0.15, 0.2) is 53.6 Å². The van der Waals surface area contributed by atoms with Gasteiger partial charge in [0.15, 0.2) is 0 Å². The number of H-pyrrole nitrogens is 1. The molecule has 152 valence electrons. The van der Waals surface area contributed by atoms with Gasteiger partial charge >= 0.3 is 0 Å². The molecule has 2 aromatic carbocycles. The number of nitrogens with zero attached hydrogens (tertiary/aromatic N) is 3. The number of para-hydroxylation sites is 1. The third-order valence-corrected chi connectivity index (χ3v) is 6.29. The lowest BCUT2D eigenvalue weighted by Gasteiger charge is -2.37. The van der Waals surface area contributed by atoms with Gasteiger partial charge in [0.05, 0.1) is 6.04 Å². The van der Waals surface area contributed by atoms with E-state index in [1.54, 1.807) is 7.05 Å². The number of halogens is 1. The molecule has 5 rings (SSSR count). The minimum Gasteiger partial charge on any atom is -0.356 e. The first-order valence-electron chi connectivity index (χ1n) is 10.0. The molecule has 6 nitrogen and oxygen atoms in total. The van der Waals surface area contributed by atoms with Gasteiger partial charge in [-0.1, -0.05) is 48.0 Å². The molecule has 0 saturated heterocycles. The highest BCUT2D eigenvalue weighted by atomic mass is 35.5. The van der Waals surface area contributed by atoms with Crippen molar-refractivity contribution in [2.45, 2.75) is 25.3 Å². The number of hydrogen-bond donors (Lipinski definition) is 1. The van der Waals surface area contributed by atoms with Crippen LogP contribution in [0.1, 0.15) is 35.7 Å². The van der Waals surface area contributed by atoms with Gasteiger partial charge in [0.2, 0.25) is 5.91 Å². The molecule has 0 bridgehead atoms. The molecule has 2 aliphatic heterocycles. The Hall–Kier alpha value is -3.12. The highest BCUT2D eigenvalue weighted by Gasteiger charge is 2.37. The zero-order valence-corrected chi connectivity index (χ0v) is 17.3. The molecule has 1 aromatic heterocycles. The lowest BCUT2D eigenvalue weighted by atomic mass is 9.91. The van der Waals surface area contributed by atoms with Gasteiger partial charge < -0.3 is 9.88 Å². The van der Waals surface area contributed by atoms with Gasteiger partial charge in [0.1, 0.15) is 5.71 Å². The number of fused-ring (bicyclic) bond motifs is 3. The second-order valence-corrected chi connectivity index (χ2v) is 8.11. The van der Waals surface area contributed by atoms with Gasteiger partial charge in [0.25, 0.3) is 5.91 Å². The third kappa shape index (κ3) is 2.99. The minimum absolute atomic E-state index is 0.0780. The summed E-state index contributed by atoms with van der Waals surface area (Å²) in [7, 11) is 1.59. The van der Waals surface area contributed by atoms with Crippen LogP contribution in [0.2, 0.25) is 5.02 Å². The van der Waals surface area contributed by atoms with Crippen LogP contribution >= 0.6 is 11.6 Å². The third-order valence-electron chi connectivity index (χ3n) is 5.95. The molecular formula is C23H21ClN4O2. The largest absolute Gasteiger partial charge is 0.356 e. The fourth-order valence-electron chi connectivity index (χ4n) is 4.47. The summed E-state index contributed by atoms with van der Waals surface area (Å²) in [5.74, 6) is -0.227. The summed E-state index contributed by atoms with van der Waals surface area (Å²) in [5, 5.41) is 7.31. The fraction of sp³-hybridized carbons (Fsp3) is 0.261. The van der Waals surface area contributed by atoms with E-state index in [0.717, 1.165) is 23.2 Å². The summed E-state index contributed by atoms with van der Waals surface area (Å²) >= 11 is 6.59. The molecule has 0 aliphatic carbocycles. The minimum atomic E-state index is -0.340. The maximum atomic E-state index is 13.5. The van der Waals surface area contributed by atoms with Crippen LogP contribution in [0, 0.1) is 0 Å². The van der Waals surface area contributed by atoms with Crippen molar-refractivity contribution in [2.24, 2.45) is 5.10 Å². The molecule has 2 aliphatic rings. The van der Waals surface area contributed by atoms with E-state index in [1.807, 2.05) is 41.3 Å². The number of nitrogens with one attached hydrogen (secondary N) is 1. The van der Waals surface area contributed by atoms with E-state index < -0.39 is 0 Å². The van der Waals surface area contributed by atoms with Gasteiger partial charge in [-0.25, -0.2) is 5.01 Å².